The molecule has 0 bridgehead atoms. The monoisotopic (exact) mass is 578 g/mol. The molecule has 0 saturated carbocycles. The normalized spacial score (nSPS) is 26.4. The molecule has 2 aliphatic carbocycles. The van der Waals surface area contributed by atoms with Crippen LogP contribution < -0.4 is 0 Å². The lowest BCUT2D eigenvalue weighted by Gasteiger charge is -2.22. The van der Waals surface area contributed by atoms with E-state index in [1.54, 1.807) is 32.9 Å². The van der Waals surface area contributed by atoms with Crippen molar-refractivity contribution in [1.29, 1.82) is 0 Å². The summed E-state index contributed by atoms with van der Waals surface area (Å²) in [4.78, 5) is 0.755. The molecule has 6 rings (SSSR count). The highest BCUT2D eigenvalue weighted by molar-refractivity contribution is 7.89. The average molecular weight is 579 g/mol. The lowest BCUT2D eigenvalue weighted by molar-refractivity contribution is 0.400. The van der Waals surface area contributed by atoms with Gasteiger partial charge in [-0.15, -0.1) is 13.2 Å². The minimum Gasteiger partial charge on any atom is -0.207 e. The fraction of sp³-hybridized carbons (Fsp3) is 0.375. The summed E-state index contributed by atoms with van der Waals surface area (Å²) in [6, 6.07) is 14.1. The van der Waals surface area contributed by atoms with Crippen molar-refractivity contribution in [3.8, 4) is 0 Å². The third kappa shape index (κ3) is 4.96. The molecule has 6 nitrogen and oxygen atoms in total. The third-order valence-electron chi connectivity index (χ3n) is 8.95. The smallest absolute Gasteiger partial charge is 0.207 e. The number of rotatable bonds is 6. The van der Waals surface area contributed by atoms with Gasteiger partial charge in [-0.3, -0.25) is 0 Å². The van der Waals surface area contributed by atoms with E-state index in [-0.39, 0.29) is 10.8 Å². The molecule has 0 unspecified atom stereocenters. The second-order valence-corrected chi connectivity index (χ2v) is 15.3. The number of allylic oxidation sites excluding steroid dienone is 2. The van der Waals surface area contributed by atoms with E-state index in [1.165, 1.54) is 11.1 Å². The second kappa shape index (κ2) is 10.6. The topological polar surface area (TPSA) is 74.8 Å². The fourth-order valence-electron chi connectivity index (χ4n) is 6.32. The lowest BCUT2D eigenvalue weighted by atomic mass is 9.84. The Balaban J connectivity index is 0.000000161. The van der Waals surface area contributed by atoms with Gasteiger partial charge in [0.25, 0.3) is 0 Å². The predicted molar refractivity (Wildman–Crippen MR) is 160 cm³/mol. The summed E-state index contributed by atoms with van der Waals surface area (Å²) in [7, 11) is -6.80. The van der Waals surface area contributed by atoms with Crippen molar-refractivity contribution in [2.24, 2.45) is 10.8 Å². The van der Waals surface area contributed by atoms with Crippen LogP contribution in [0.15, 0.2) is 107 Å². The number of hydrogen-bond acceptors (Lipinski definition) is 4. The Morgan fingerprint density at radius 2 is 1.00 bits per heavy atom. The maximum absolute atomic E-state index is 12.7. The first-order valence-corrected chi connectivity index (χ1v) is 16.6. The van der Waals surface area contributed by atoms with Crippen molar-refractivity contribution >= 4 is 20.0 Å². The van der Waals surface area contributed by atoms with Crippen molar-refractivity contribution in [2.45, 2.75) is 49.3 Å². The van der Waals surface area contributed by atoms with E-state index < -0.39 is 20.0 Å². The number of fused-ring (bicyclic) bond motifs is 2. The summed E-state index contributed by atoms with van der Waals surface area (Å²) in [6.07, 6.45) is 12.2. The van der Waals surface area contributed by atoms with E-state index in [2.05, 4.69) is 25.3 Å². The molecule has 2 fully saturated rings. The largest absolute Gasteiger partial charge is 0.243 e. The molecule has 0 N–H and O–H groups in total. The Labute approximate surface area is 239 Å². The zero-order valence-electron chi connectivity index (χ0n) is 23.3. The first-order valence-electron chi connectivity index (χ1n) is 13.8. The van der Waals surface area contributed by atoms with Gasteiger partial charge in [0.2, 0.25) is 20.0 Å². The van der Waals surface area contributed by atoms with Crippen LogP contribution in [0.4, 0.5) is 0 Å². The first-order chi connectivity index (χ1) is 19.0. The minimum atomic E-state index is -3.40. The summed E-state index contributed by atoms with van der Waals surface area (Å²) in [5.74, 6) is 0. The standard InChI is InChI=1S/2C16H19NO2S/c2*1-3-16-10-4-5-14(16)11-17(12-16)20(18,19)15-8-6-13(2)7-9-15/h2*3,5-9H,1,4,10-12H2,2H3/t2*16-/m00/s1. The van der Waals surface area contributed by atoms with E-state index in [9.17, 15) is 16.8 Å². The molecule has 212 valence electrons. The van der Waals surface area contributed by atoms with Gasteiger partial charge in [0.05, 0.1) is 9.79 Å². The van der Waals surface area contributed by atoms with Crippen LogP contribution in [0.3, 0.4) is 0 Å². The number of hydrogen-bond donors (Lipinski definition) is 0. The van der Waals surface area contributed by atoms with E-state index in [1.807, 2.05) is 50.3 Å². The molecule has 2 saturated heterocycles. The van der Waals surface area contributed by atoms with Crippen LogP contribution in [0.25, 0.3) is 0 Å². The van der Waals surface area contributed by atoms with Crippen LogP contribution >= 0.6 is 0 Å². The van der Waals surface area contributed by atoms with Crippen molar-refractivity contribution in [3.05, 3.63) is 108 Å². The maximum atomic E-state index is 12.7. The van der Waals surface area contributed by atoms with Gasteiger partial charge in [-0.05, 0) is 74.9 Å². The van der Waals surface area contributed by atoms with Gasteiger partial charge in [0.15, 0.2) is 0 Å². The lowest BCUT2D eigenvalue weighted by Crippen LogP contribution is -2.31. The van der Waals surface area contributed by atoms with Crippen molar-refractivity contribution in [1.82, 2.24) is 8.61 Å². The van der Waals surface area contributed by atoms with Crippen molar-refractivity contribution in [2.75, 3.05) is 26.2 Å². The Morgan fingerprint density at radius 3 is 1.30 bits per heavy atom. The van der Waals surface area contributed by atoms with Crippen LogP contribution in [0.5, 0.6) is 0 Å². The van der Waals surface area contributed by atoms with Crippen molar-refractivity contribution in [3.63, 3.8) is 0 Å². The van der Waals surface area contributed by atoms with Gasteiger partial charge in [-0.2, -0.15) is 8.61 Å². The van der Waals surface area contributed by atoms with Crippen LogP contribution in [0.1, 0.15) is 36.8 Å². The molecule has 0 amide bonds. The summed E-state index contributed by atoms with van der Waals surface area (Å²) < 4.78 is 54.0. The molecule has 2 aromatic carbocycles. The highest BCUT2D eigenvalue weighted by Crippen LogP contribution is 2.48. The zero-order valence-corrected chi connectivity index (χ0v) is 25.0. The number of benzene rings is 2. The zero-order chi connectivity index (χ0) is 28.8. The highest BCUT2D eigenvalue weighted by atomic mass is 32.2. The number of nitrogens with zero attached hydrogens (tertiary/aromatic N) is 2. The average Bonchev–Trinajstić information content (AvgIpc) is 3.68. The fourth-order valence-corrected chi connectivity index (χ4v) is 9.29. The first kappa shape index (κ1) is 28.7. The predicted octanol–water partition coefficient (Wildman–Crippen LogP) is 5.78. The van der Waals surface area contributed by atoms with Crippen LogP contribution in [0.2, 0.25) is 0 Å². The molecule has 0 radical (unpaired) electrons. The van der Waals surface area contributed by atoms with Crippen molar-refractivity contribution < 1.29 is 16.8 Å². The summed E-state index contributed by atoms with van der Waals surface area (Å²) >= 11 is 0. The van der Waals surface area contributed by atoms with Gasteiger partial charge in [0, 0.05) is 37.0 Å². The second-order valence-electron chi connectivity index (χ2n) is 11.4. The van der Waals surface area contributed by atoms with Gasteiger partial charge in [-0.1, -0.05) is 59.7 Å². The van der Waals surface area contributed by atoms with Crippen LogP contribution in [-0.4, -0.2) is 51.6 Å². The molecule has 0 spiro atoms. The number of aryl methyl sites for hydroxylation is 2. The van der Waals surface area contributed by atoms with E-state index >= 15 is 0 Å². The molecule has 2 aromatic rings. The molecule has 0 aromatic heterocycles. The van der Waals surface area contributed by atoms with Gasteiger partial charge in [0.1, 0.15) is 0 Å². The van der Waals surface area contributed by atoms with Crippen LogP contribution in [0, 0.1) is 24.7 Å². The van der Waals surface area contributed by atoms with Gasteiger partial charge < -0.3 is 0 Å². The molecular formula is C32H38N2O4S2. The maximum Gasteiger partial charge on any atom is 0.243 e. The minimum absolute atomic E-state index is 0.127. The molecule has 8 heteroatoms. The Morgan fingerprint density at radius 1 is 0.650 bits per heavy atom. The highest BCUT2D eigenvalue weighted by Gasteiger charge is 2.47. The van der Waals surface area contributed by atoms with E-state index in [0.29, 0.717) is 36.0 Å². The molecular weight excluding hydrogens is 540 g/mol. The third-order valence-corrected chi connectivity index (χ3v) is 12.6. The Kier molecular flexibility index (Phi) is 7.59. The summed E-state index contributed by atoms with van der Waals surface area (Å²) in [5.41, 5.74) is 4.29. The summed E-state index contributed by atoms with van der Waals surface area (Å²) in [5, 5.41) is 0. The molecule has 4 aliphatic rings. The molecule has 2 heterocycles. The molecule has 2 aliphatic heterocycles. The van der Waals surface area contributed by atoms with Gasteiger partial charge in [-0.25, -0.2) is 16.8 Å². The Bertz CT molecular complexity index is 1470. The molecule has 2 atom stereocenters. The molecule has 40 heavy (non-hydrogen) atoms. The van der Waals surface area contributed by atoms with E-state index in [4.69, 9.17) is 0 Å². The summed E-state index contributed by atoms with van der Waals surface area (Å²) in [6.45, 7) is 13.8. The van der Waals surface area contributed by atoms with Crippen LogP contribution in [-0.2, 0) is 20.0 Å². The van der Waals surface area contributed by atoms with Gasteiger partial charge >= 0.3 is 0 Å². The quantitative estimate of drug-likeness (QED) is 0.407. The Hall–Kier alpha value is -2.78. The van der Waals surface area contributed by atoms with E-state index in [0.717, 1.165) is 36.8 Å². The SMILES string of the molecule is C=C[C@@]12CCC=C1CN(S(=O)(=O)c1ccc(C)cc1)C2.C=C[C@@]12CCC=C1CN(S(=O)(=O)c1ccc(C)cc1)C2. The number of sulfonamides is 2.